The molecule has 1 saturated heterocycles. The fraction of sp³-hybridized carbons (Fsp3) is 0.389. The number of aromatic nitrogens is 3. The zero-order valence-electron chi connectivity index (χ0n) is 16.1. The number of nitrogens with one attached hydrogen (secondary N) is 3. The van der Waals surface area contributed by atoms with E-state index in [2.05, 4.69) is 20.9 Å². The Balaban J connectivity index is 1.64. The standard InChI is InChI=1S/C18H22N6O4S/c1-3-4-10-23-16(28)20-21-17(23)29-11-13(25)22-24-14(26)18(2,19-15(24)27)12-8-6-5-7-9-12/h5-9H,3-4,10-11H2,1-2H3,(H,19,27)(H,20,28)(H,22,25). The third-order valence-electron chi connectivity index (χ3n) is 4.57. The van der Waals surface area contributed by atoms with Gasteiger partial charge in [-0.25, -0.2) is 14.7 Å². The number of hydrazine groups is 1. The molecule has 2 aromatic rings. The smallest absolute Gasteiger partial charge is 0.318 e. The number of rotatable bonds is 8. The largest absolute Gasteiger partial charge is 0.344 e. The molecule has 3 rings (SSSR count). The van der Waals surface area contributed by atoms with Gasteiger partial charge in [-0.3, -0.25) is 19.6 Å². The van der Waals surface area contributed by atoms with Crippen molar-refractivity contribution in [1.82, 2.24) is 30.5 Å². The molecule has 1 unspecified atom stereocenters. The zero-order chi connectivity index (χ0) is 21.0. The Kier molecular flexibility index (Phi) is 6.06. The van der Waals surface area contributed by atoms with Crippen LogP contribution >= 0.6 is 11.8 Å². The highest BCUT2D eigenvalue weighted by Gasteiger charge is 2.49. The van der Waals surface area contributed by atoms with Crippen LogP contribution in [0, 0.1) is 0 Å². The van der Waals surface area contributed by atoms with Crippen LogP contribution in [0.5, 0.6) is 0 Å². The SMILES string of the molecule is CCCCn1c(SCC(=O)NN2C(=O)NC(C)(c3ccccc3)C2=O)n[nH]c1=O. The van der Waals surface area contributed by atoms with Crippen LogP contribution in [0.4, 0.5) is 4.79 Å². The number of H-pyrrole nitrogens is 1. The molecule has 0 aliphatic carbocycles. The van der Waals surface area contributed by atoms with Crippen LogP contribution in [0.25, 0.3) is 0 Å². The van der Waals surface area contributed by atoms with Gasteiger partial charge in [-0.05, 0) is 18.9 Å². The van der Waals surface area contributed by atoms with Crippen LogP contribution in [0.3, 0.4) is 0 Å². The molecule has 4 amide bonds. The van der Waals surface area contributed by atoms with Crippen LogP contribution in [0.15, 0.2) is 40.3 Å². The van der Waals surface area contributed by atoms with Gasteiger partial charge in [-0.1, -0.05) is 55.4 Å². The fourth-order valence-corrected chi connectivity index (χ4v) is 3.69. The number of carbonyl (C=O) groups is 3. The van der Waals surface area contributed by atoms with Crippen LogP contribution < -0.4 is 16.4 Å². The number of hydrogen-bond donors (Lipinski definition) is 3. The lowest BCUT2D eigenvalue weighted by Crippen LogP contribution is -2.48. The Labute approximate surface area is 171 Å². The van der Waals surface area contributed by atoms with E-state index in [-0.39, 0.29) is 11.4 Å². The number of thioether (sulfide) groups is 1. The van der Waals surface area contributed by atoms with Crippen molar-refractivity contribution in [3.63, 3.8) is 0 Å². The van der Waals surface area contributed by atoms with Crippen molar-refractivity contribution in [3.05, 3.63) is 46.4 Å². The maximum absolute atomic E-state index is 12.8. The predicted octanol–water partition coefficient (Wildman–Crippen LogP) is 0.962. The molecule has 1 aromatic carbocycles. The minimum Gasteiger partial charge on any atom is -0.318 e. The summed E-state index contributed by atoms with van der Waals surface area (Å²) in [5.41, 5.74) is 1.34. The van der Waals surface area contributed by atoms with Crippen LogP contribution in [0.1, 0.15) is 32.3 Å². The highest BCUT2D eigenvalue weighted by molar-refractivity contribution is 7.99. The lowest BCUT2D eigenvalue weighted by molar-refractivity contribution is -0.138. The maximum atomic E-state index is 12.8. The second-order valence-corrected chi connectivity index (χ2v) is 7.64. The van der Waals surface area contributed by atoms with E-state index in [1.165, 1.54) is 4.57 Å². The third-order valence-corrected chi connectivity index (χ3v) is 5.55. The molecule has 3 N–H and O–H groups in total. The molecule has 1 aliphatic heterocycles. The lowest BCUT2D eigenvalue weighted by Gasteiger charge is -2.22. The number of carbonyl (C=O) groups excluding carboxylic acids is 3. The number of imide groups is 1. The first-order chi connectivity index (χ1) is 13.9. The number of nitrogens with zero attached hydrogens (tertiary/aromatic N) is 3. The first kappa shape index (κ1) is 20.6. The summed E-state index contributed by atoms with van der Waals surface area (Å²) in [6.45, 7) is 4.09. The number of unbranched alkanes of at least 4 members (excludes halogenated alkanes) is 1. The van der Waals surface area contributed by atoms with Gasteiger partial charge in [0.15, 0.2) is 5.16 Å². The van der Waals surface area contributed by atoms with Crippen molar-refractivity contribution in [2.45, 2.75) is 43.9 Å². The van der Waals surface area contributed by atoms with E-state index < -0.39 is 23.4 Å². The molecule has 10 nitrogen and oxygen atoms in total. The summed E-state index contributed by atoms with van der Waals surface area (Å²) in [5, 5.41) is 9.95. The minimum atomic E-state index is -1.26. The molecule has 11 heteroatoms. The fourth-order valence-electron chi connectivity index (χ4n) is 2.92. The molecule has 29 heavy (non-hydrogen) atoms. The van der Waals surface area contributed by atoms with Crippen molar-refractivity contribution in [1.29, 1.82) is 0 Å². The average molecular weight is 418 g/mol. The summed E-state index contributed by atoms with van der Waals surface area (Å²) >= 11 is 1.05. The predicted molar refractivity (Wildman–Crippen MR) is 106 cm³/mol. The van der Waals surface area contributed by atoms with E-state index in [0.29, 0.717) is 22.3 Å². The number of benzene rings is 1. The quantitative estimate of drug-likeness (QED) is 0.433. The maximum Gasteiger partial charge on any atom is 0.344 e. The summed E-state index contributed by atoms with van der Waals surface area (Å²) in [4.78, 5) is 49.1. The van der Waals surface area contributed by atoms with E-state index in [1.807, 2.05) is 6.92 Å². The summed E-state index contributed by atoms with van der Waals surface area (Å²) in [5.74, 6) is -1.25. The molecule has 0 spiro atoms. The molecule has 1 atom stereocenters. The molecule has 0 radical (unpaired) electrons. The molecule has 0 saturated carbocycles. The van der Waals surface area contributed by atoms with Crippen molar-refractivity contribution in [2.75, 3.05) is 5.75 Å². The van der Waals surface area contributed by atoms with Gasteiger partial charge in [-0.15, -0.1) is 5.10 Å². The normalized spacial score (nSPS) is 18.8. The van der Waals surface area contributed by atoms with E-state index in [0.717, 1.165) is 24.6 Å². The monoisotopic (exact) mass is 418 g/mol. The molecule has 154 valence electrons. The van der Waals surface area contributed by atoms with E-state index in [4.69, 9.17) is 0 Å². The topological polar surface area (TPSA) is 129 Å². The molecule has 0 bridgehead atoms. The van der Waals surface area contributed by atoms with Gasteiger partial charge in [0.25, 0.3) is 5.91 Å². The van der Waals surface area contributed by atoms with Gasteiger partial charge < -0.3 is 5.32 Å². The Morgan fingerprint density at radius 2 is 1.97 bits per heavy atom. The van der Waals surface area contributed by atoms with E-state index >= 15 is 0 Å². The molecular weight excluding hydrogens is 396 g/mol. The van der Waals surface area contributed by atoms with E-state index in [9.17, 15) is 19.2 Å². The summed E-state index contributed by atoms with van der Waals surface area (Å²) in [6, 6.07) is 8.08. The summed E-state index contributed by atoms with van der Waals surface area (Å²) < 4.78 is 1.46. The molecule has 1 aromatic heterocycles. The van der Waals surface area contributed by atoms with Crippen molar-refractivity contribution < 1.29 is 14.4 Å². The van der Waals surface area contributed by atoms with Gasteiger partial charge in [0, 0.05) is 6.54 Å². The van der Waals surface area contributed by atoms with Crippen LogP contribution in [-0.2, 0) is 21.7 Å². The van der Waals surface area contributed by atoms with Gasteiger partial charge in [0.2, 0.25) is 5.91 Å². The Hall–Kier alpha value is -3.08. The number of amides is 4. The van der Waals surface area contributed by atoms with Gasteiger partial charge in [0.05, 0.1) is 5.75 Å². The Bertz CT molecular complexity index is 972. The molecular formula is C18H22N6O4S. The van der Waals surface area contributed by atoms with Crippen molar-refractivity contribution in [2.24, 2.45) is 0 Å². The Morgan fingerprint density at radius 3 is 2.66 bits per heavy atom. The number of hydrogen-bond acceptors (Lipinski definition) is 6. The first-order valence-corrected chi connectivity index (χ1v) is 10.1. The molecule has 2 heterocycles. The molecule has 1 aliphatic rings. The van der Waals surface area contributed by atoms with Crippen molar-refractivity contribution >= 4 is 29.6 Å². The highest BCUT2D eigenvalue weighted by Crippen LogP contribution is 2.27. The number of aromatic amines is 1. The third kappa shape index (κ3) is 4.19. The van der Waals surface area contributed by atoms with Gasteiger partial charge in [-0.2, -0.15) is 5.01 Å². The highest BCUT2D eigenvalue weighted by atomic mass is 32.2. The first-order valence-electron chi connectivity index (χ1n) is 9.16. The van der Waals surface area contributed by atoms with Gasteiger partial charge >= 0.3 is 11.7 Å². The summed E-state index contributed by atoms with van der Waals surface area (Å²) in [7, 11) is 0. The van der Waals surface area contributed by atoms with Crippen LogP contribution in [0.2, 0.25) is 0 Å². The number of urea groups is 1. The molecule has 1 fully saturated rings. The second kappa shape index (κ2) is 8.52. The minimum absolute atomic E-state index is 0.116. The Morgan fingerprint density at radius 1 is 1.24 bits per heavy atom. The average Bonchev–Trinajstić information content (AvgIpc) is 3.17. The zero-order valence-corrected chi connectivity index (χ0v) is 16.9. The van der Waals surface area contributed by atoms with Gasteiger partial charge in [0.1, 0.15) is 5.54 Å². The lowest BCUT2D eigenvalue weighted by atomic mass is 9.92. The van der Waals surface area contributed by atoms with Crippen molar-refractivity contribution in [3.8, 4) is 0 Å². The van der Waals surface area contributed by atoms with E-state index in [1.54, 1.807) is 37.3 Å². The second-order valence-electron chi connectivity index (χ2n) is 6.70. The van der Waals surface area contributed by atoms with Crippen LogP contribution in [-0.4, -0.2) is 43.4 Å². The summed E-state index contributed by atoms with van der Waals surface area (Å²) in [6.07, 6.45) is 1.72.